The molecule has 4 heteroatoms. The van der Waals surface area contributed by atoms with Crippen molar-refractivity contribution in [3.05, 3.63) is 0 Å². The van der Waals surface area contributed by atoms with Crippen molar-refractivity contribution in [3.63, 3.8) is 0 Å². The fourth-order valence-corrected chi connectivity index (χ4v) is 1.57. The summed E-state index contributed by atoms with van der Waals surface area (Å²) in [5.41, 5.74) is 0. The summed E-state index contributed by atoms with van der Waals surface area (Å²) in [6.45, 7) is 1.64. The van der Waals surface area contributed by atoms with E-state index in [1.165, 1.54) is 12.8 Å². The molecule has 1 N–H and O–H groups in total. The summed E-state index contributed by atoms with van der Waals surface area (Å²) in [6.07, 6.45) is 2.42. The zero-order valence-corrected chi connectivity index (χ0v) is 8.52. The van der Waals surface area contributed by atoms with E-state index in [2.05, 4.69) is 5.32 Å². The van der Waals surface area contributed by atoms with Gasteiger partial charge in [-0.1, -0.05) is 0 Å². The molecule has 0 unspecified atom stereocenters. The summed E-state index contributed by atoms with van der Waals surface area (Å²) in [7, 11) is 3.48. The van der Waals surface area contributed by atoms with Crippen molar-refractivity contribution in [1.82, 2.24) is 5.32 Å². The van der Waals surface area contributed by atoms with Crippen molar-refractivity contribution in [2.75, 3.05) is 27.4 Å². The van der Waals surface area contributed by atoms with Crippen LogP contribution in [0.25, 0.3) is 0 Å². The standard InChI is InChI=1S/C8H17NO2.ClH/c1-10-5-7-3-4-8(9-7)6-11-2;/h7-9H,3-6H2,1-2H3;1H/t7-,8-;/m1./s1. The second-order valence-corrected chi connectivity index (χ2v) is 3.05. The predicted octanol–water partition coefficient (Wildman–Crippen LogP) is 0.822. The van der Waals surface area contributed by atoms with Gasteiger partial charge in [0.15, 0.2) is 0 Å². The van der Waals surface area contributed by atoms with Gasteiger partial charge < -0.3 is 14.8 Å². The third kappa shape index (κ3) is 3.72. The van der Waals surface area contributed by atoms with Crippen molar-refractivity contribution in [2.45, 2.75) is 24.9 Å². The quantitative estimate of drug-likeness (QED) is 0.721. The van der Waals surface area contributed by atoms with Crippen molar-refractivity contribution >= 4 is 12.4 Å². The van der Waals surface area contributed by atoms with E-state index in [4.69, 9.17) is 9.47 Å². The Morgan fingerprint density at radius 3 is 1.83 bits per heavy atom. The molecule has 0 spiro atoms. The second kappa shape index (κ2) is 6.66. The minimum Gasteiger partial charge on any atom is -0.383 e. The topological polar surface area (TPSA) is 30.5 Å². The number of halogens is 1. The molecule has 3 nitrogen and oxygen atoms in total. The van der Waals surface area contributed by atoms with Crippen LogP contribution in [0.3, 0.4) is 0 Å². The van der Waals surface area contributed by atoms with Gasteiger partial charge in [0.25, 0.3) is 0 Å². The molecular weight excluding hydrogens is 178 g/mol. The van der Waals surface area contributed by atoms with Gasteiger partial charge in [-0.15, -0.1) is 12.4 Å². The van der Waals surface area contributed by atoms with Gasteiger partial charge in [0.05, 0.1) is 13.2 Å². The van der Waals surface area contributed by atoms with E-state index in [0.717, 1.165) is 13.2 Å². The summed E-state index contributed by atoms with van der Waals surface area (Å²) in [5, 5.41) is 3.44. The number of methoxy groups -OCH3 is 2. The van der Waals surface area contributed by atoms with Crippen LogP contribution in [0.15, 0.2) is 0 Å². The highest BCUT2D eigenvalue weighted by atomic mass is 35.5. The predicted molar refractivity (Wildman–Crippen MR) is 50.9 cm³/mol. The molecular formula is C8H18ClNO2. The zero-order valence-electron chi connectivity index (χ0n) is 7.71. The van der Waals surface area contributed by atoms with E-state index in [1.807, 2.05) is 0 Å². The van der Waals surface area contributed by atoms with Gasteiger partial charge in [0.2, 0.25) is 0 Å². The van der Waals surface area contributed by atoms with E-state index in [1.54, 1.807) is 14.2 Å². The van der Waals surface area contributed by atoms with Gasteiger partial charge in [-0.2, -0.15) is 0 Å². The average Bonchev–Trinajstić information content (AvgIpc) is 2.38. The van der Waals surface area contributed by atoms with E-state index in [9.17, 15) is 0 Å². The molecule has 1 saturated heterocycles. The third-order valence-electron chi connectivity index (χ3n) is 2.07. The molecule has 0 aromatic rings. The molecule has 1 aliphatic rings. The van der Waals surface area contributed by atoms with Crippen LogP contribution in [0.2, 0.25) is 0 Å². The molecule has 0 amide bonds. The lowest BCUT2D eigenvalue weighted by Crippen LogP contribution is -2.34. The van der Waals surface area contributed by atoms with Gasteiger partial charge in [-0.05, 0) is 12.8 Å². The Morgan fingerprint density at radius 1 is 1.08 bits per heavy atom. The normalized spacial score (nSPS) is 28.5. The number of ether oxygens (including phenoxy) is 2. The molecule has 0 radical (unpaired) electrons. The lowest BCUT2D eigenvalue weighted by Gasteiger charge is -2.12. The summed E-state index contributed by atoms with van der Waals surface area (Å²) in [5.74, 6) is 0. The molecule has 0 aromatic heterocycles. The smallest absolute Gasteiger partial charge is 0.0615 e. The maximum absolute atomic E-state index is 5.05. The first-order valence-corrected chi connectivity index (χ1v) is 4.10. The van der Waals surface area contributed by atoms with Crippen LogP contribution in [-0.2, 0) is 9.47 Å². The van der Waals surface area contributed by atoms with Gasteiger partial charge in [-0.25, -0.2) is 0 Å². The van der Waals surface area contributed by atoms with Gasteiger partial charge in [0, 0.05) is 26.3 Å². The Hall–Kier alpha value is 0.170. The monoisotopic (exact) mass is 195 g/mol. The van der Waals surface area contributed by atoms with Crippen molar-refractivity contribution in [1.29, 1.82) is 0 Å². The Bertz CT molecular complexity index is 101. The molecule has 1 aliphatic heterocycles. The highest BCUT2D eigenvalue weighted by molar-refractivity contribution is 5.85. The van der Waals surface area contributed by atoms with Crippen LogP contribution in [0.5, 0.6) is 0 Å². The van der Waals surface area contributed by atoms with Crippen LogP contribution in [0.1, 0.15) is 12.8 Å². The van der Waals surface area contributed by atoms with Crippen LogP contribution in [0.4, 0.5) is 0 Å². The van der Waals surface area contributed by atoms with E-state index in [-0.39, 0.29) is 12.4 Å². The van der Waals surface area contributed by atoms with Crippen molar-refractivity contribution in [3.8, 4) is 0 Å². The third-order valence-corrected chi connectivity index (χ3v) is 2.07. The van der Waals surface area contributed by atoms with Crippen LogP contribution < -0.4 is 5.32 Å². The zero-order chi connectivity index (χ0) is 8.10. The Morgan fingerprint density at radius 2 is 1.50 bits per heavy atom. The molecule has 1 fully saturated rings. The fraction of sp³-hybridized carbons (Fsp3) is 1.00. The lowest BCUT2D eigenvalue weighted by atomic mass is 10.2. The maximum atomic E-state index is 5.05. The average molecular weight is 196 g/mol. The van der Waals surface area contributed by atoms with Crippen LogP contribution in [0, 0.1) is 0 Å². The molecule has 74 valence electrons. The van der Waals surface area contributed by atoms with E-state index >= 15 is 0 Å². The lowest BCUT2D eigenvalue weighted by molar-refractivity contribution is 0.153. The molecule has 0 saturated carbocycles. The van der Waals surface area contributed by atoms with E-state index < -0.39 is 0 Å². The first-order valence-electron chi connectivity index (χ1n) is 4.10. The van der Waals surface area contributed by atoms with E-state index in [0.29, 0.717) is 12.1 Å². The fourth-order valence-electron chi connectivity index (χ4n) is 1.57. The molecule has 0 aromatic carbocycles. The number of rotatable bonds is 4. The number of hydrogen-bond donors (Lipinski definition) is 1. The van der Waals surface area contributed by atoms with Gasteiger partial charge >= 0.3 is 0 Å². The van der Waals surface area contributed by atoms with Crippen LogP contribution in [-0.4, -0.2) is 39.5 Å². The molecule has 0 bridgehead atoms. The minimum atomic E-state index is 0. The first-order chi connectivity index (χ1) is 5.36. The molecule has 1 rings (SSSR count). The molecule has 12 heavy (non-hydrogen) atoms. The summed E-state index contributed by atoms with van der Waals surface area (Å²) in [6, 6.07) is 1.08. The van der Waals surface area contributed by atoms with Crippen molar-refractivity contribution < 1.29 is 9.47 Å². The minimum absolute atomic E-state index is 0. The SMILES string of the molecule is COC[C@H]1CC[C@H](COC)N1.Cl. The summed E-state index contributed by atoms with van der Waals surface area (Å²) >= 11 is 0. The maximum Gasteiger partial charge on any atom is 0.0615 e. The number of nitrogens with one attached hydrogen (secondary N) is 1. The van der Waals surface area contributed by atoms with Gasteiger partial charge in [-0.3, -0.25) is 0 Å². The molecule has 1 heterocycles. The first kappa shape index (κ1) is 12.2. The molecule has 0 aliphatic carbocycles. The van der Waals surface area contributed by atoms with Crippen LogP contribution >= 0.6 is 12.4 Å². The highest BCUT2D eigenvalue weighted by Gasteiger charge is 2.22. The Kier molecular flexibility index (Phi) is 6.76. The highest BCUT2D eigenvalue weighted by Crippen LogP contribution is 2.12. The van der Waals surface area contributed by atoms with Crippen molar-refractivity contribution in [2.24, 2.45) is 0 Å². The summed E-state index contributed by atoms with van der Waals surface area (Å²) < 4.78 is 10.1. The Balaban J connectivity index is 0.00000121. The summed E-state index contributed by atoms with van der Waals surface area (Å²) in [4.78, 5) is 0. The Labute approximate surface area is 80.2 Å². The largest absolute Gasteiger partial charge is 0.383 e. The second-order valence-electron chi connectivity index (χ2n) is 3.05. The molecule has 2 atom stereocenters. The van der Waals surface area contributed by atoms with Gasteiger partial charge in [0.1, 0.15) is 0 Å². The number of hydrogen-bond acceptors (Lipinski definition) is 3.